The predicted octanol–water partition coefficient (Wildman–Crippen LogP) is 3.58. The normalized spacial score (nSPS) is 23.5. The molecule has 0 radical (unpaired) electrons. The average Bonchev–Trinajstić information content (AvgIpc) is 3.30. The number of hydrogen-bond acceptors (Lipinski definition) is 7. The number of likely N-dealkylation sites (N-methyl/N-ethyl adjacent to an activating group) is 1. The first-order valence-electron chi connectivity index (χ1n) is 13.3. The first-order valence-corrected chi connectivity index (χ1v) is 13.7. The molecule has 2 fully saturated rings. The van der Waals surface area contributed by atoms with E-state index in [9.17, 15) is 9.59 Å². The Bertz CT molecular complexity index is 1480. The van der Waals surface area contributed by atoms with Crippen molar-refractivity contribution < 1.29 is 9.59 Å². The van der Waals surface area contributed by atoms with Crippen molar-refractivity contribution in [1.29, 1.82) is 0 Å². The highest BCUT2D eigenvalue weighted by molar-refractivity contribution is 6.31. The minimum Gasteiger partial charge on any atom is -0.341 e. The highest BCUT2D eigenvalue weighted by atomic mass is 35.5. The maximum Gasteiger partial charge on any atom is 0.328 e. The quantitative estimate of drug-likeness (QED) is 0.538. The number of amides is 3. The number of likely N-dealkylation sites (tertiary alicyclic amines) is 1. The van der Waals surface area contributed by atoms with Gasteiger partial charge in [0.2, 0.25) is 0 Å². The summed E-state index contributed by atoms with van der Waals surface area (Å²) in [5.41, 5.74) is 8.73. The third kappa shape index (κ3) is 4.59. The second-order valence-electron chi connectivity index (χ2n) is 10.6. The number of nitrogens with zero attached hydrogens (tertiary/aromatic N) is 6. The van der Waals surface area contributed by atoms with Crippen LogP contribution in [-0.4, -0.2) is 80.9 Å². The Balaban J connectivity index is 1.38. The molecule has 4 heterocycles. The van der Waals surface area contributed by atoms with Crippen molar-refractivity contribution in [2.75, 3.05) is 20.1 Å². The molecule has 202 valence electrons. The van der Waals surface area contributed by atoms with Gasteiger partial charge >= 0.3 is 6.03 Å². The zero-order valence-electron chi connectivity index (χ0n) is 22.1. The maximum absolute atomic E-state index is 14.2. The van der Waals surface area contributed by atoms with Gasteiger partial charge in [0.25, 0.3) is 5.91 Å². The van der Waals surface area contributed by atoms with Gasteiger partial charge in [0.1, 0.15) is 0 Å². The van der Waals surface area contributed by atoms with Crippen molar-refractivity contribution >= 4 is 40.3 Å². The SMILES string of the molecule is Cc1cc2ccccc2c(CN2C(=O)C3C(N=C(N4CCC[C@@H](N)C4)N3Cc3ccccc3Cl)N(C)C2=O)n1. The number of aromatic nitrogens is 1. The molecule has 3 aliphatic rings. The van der Waals surface area contributed by atoms with Crippen molar-refractivity contribution in [2.45, 2.75) is 51.1 Å². The number of piperidine rings is 1. The van der Waals surface area contributed by atoms with Crippen LogP contribution < -0.4 is 5.73 Å². The van der Waals surface area contributed by atoms with E-state index in [1.807, 2.05) is 66.4 Å². The van der Waals surface area contributed by atoms with E-state index in [-0.39, 0.29) is 24.5 Å². The van der Waals surface area contributed by atoms with Crippen molar-refractivity contribution in [1.82, 2.24) is 24.6 Å². The number of carbonyl (C=O) groups excluding carboxylic acids is 2. The van der Waals surface area contributed by atoms with Crippen LogP contribution in [0.2, 0.25) is 5.02 Å². The van der Waals surface area contributed by atoms with Crippen molar-refractivity contribution in [3.8, 4) is 0 Å². The summed E-state index contributed by atoms with van der Waals surface area (Å²) in [5.74, 6) is 0.400. The van der Waals surface area contributed by atoms with E-state index in [4.69, 9.17) is 27.3 Å². The number of nitrogens with two attached hydrogens (primary N) is 1. The Labute approximate surface area is 232 Å². The van der Waals surface area contributed by atoms with Crippen LogP contribution in [-0.2, 0) is 17.9 Å². The van der Waals surface area contributed by atoms with E-state index < -0.39 is 12.2 Å². The summed E-state index contributed by atoms with van der Waals surface area (Å²) in [4.78, 5) is 44.6. The van der Waals surface area contributed by atoms with Crippen LogP contribution in [0.15, 0.2) is 59.6 Å². The van der Waals surface area contributed by atoms with Gasteiger partial charge in [-0.05, 0) is 42.8 Å². The highest BCUT2D eigenvalue weighted by Gasteiger charge is 2.53. The molecule has 3 aromatic rings. The summed E-state index contributed by atoms with van der Waals surface area (Å²) < 4.78 is 0. The van der Waals surface area contributed by atoms with E-state index in [0.717, 1.165) is 41.4 Å². The summed E-state index contributed by atoms with van der Waals surface area (Å²) in [7, 11) is 1.71. The van der Waals surface area contributed by atoms with Crippen molar-refractivity contribution in [2.24, 2.45) is 10.7 Å². The Morgan fingerprint density at radius 3 is 2.64 bits per heavy atom. The van der Waals surface area contributed by atoms with E-state index in [1.54, 1.807) is 11.9 Å². The van der Waals surface area contributed by atoms with Crippen LogP contribution in [0.4, 0.5) is 4.79 Å². The van der Waals surface area contributed by atoms with Crippen molar-refractivity contribution in [3.63, 3.8) is 0 Å². The molecule has 2 saturated heterocycles. The van der Waals surface area contributed by atoms with Gasteiger partial charge in [0, 0.05) is 48.8 Å². The highest BCUT2D eigenvalue weighted by Crippen LogP contribution is 2.33. The number of benzene rings is 2. The number of urea groups is 1. The molecule has 39 heavy (non-hydrogen) atoms. The summed E-state index contributed by atoms with van der Waals surface area (Å²) in [6, 6.07) is 16.5. The van der Waals surface area contributed by atoms with Gasteiger partial charge in [-0.15, -0.1) is 0 Å². The lowest BCUT2D eigenvalue weighted by atomic mass is 10.1. The first kappa shape index (κ1) is 25.6. The summed E-state index contributed by atoms with van der Waals surface area (Å²) in [5, 5.41) is 2.57. The molecule has 3 amide bonds. The van der Waals surface area contributed by atoms with Gasteiger partial charge in [0.05, 0.1) is 12.2 Å². The molecule has 3 aliphatic heterocycles. The smallest absolute Gasteiger partial charge is 0.328 e. The standard InChI is InChI=1S/C29H32ClN7O2/c1-18-14-19-8-3-5-11-22(19)24(32-18)17-37-27(38)25-26(34(2)29(37)39)33-28(35-13-7-10-21(31)16-35)36(25)15-20-9-4-6-12-23(20)30/h3-6,8-9,11-12,14,21,25-26H,7,10,13,15-17,31H2,1-2H3/t21-,25?,26?/m1/s1. The Morgan fingerprint density at radius 2 is 1.85 bits per heavy atom. The summed E-state index contributed by atoms with van der Waals surface area (Å²) in [6.45, 7) is 3.82. The van der Waals surface area contributed by atoms with Gasteiger partial charge < -0.3 is 20.4 Å². The Hall–Kier alpha value is -3.69. The van der Waals surface area contributed by atoms with Gasteiger partial charge in [0.15, 0.2) is 18.2 Å². The van der Waals surface area contributed by atoms with Gasteiger partial charge in [-0.3, -0.25) is 14.7 Å². The predicted molar refractivity (Wildman–Crippen MR) is 151 cm³/mol. The monoisotopic (exact) mass is 545 g/mol. The Kier molecular flexibility index (Phi) is 6.64. The Morgan fingerprint density at radius 1 is 1.08 bits per heavy atom. The van der Waals surface area contributed by atoms with Crippen LogP contribution in [0.3, 0.4) is 0 Å². The van der Waals surface area contributed by atoms with Crippen LogP contribution in [0.1, 0.15) is 29.8 Å². The van der Waals surface area contributed by atoms with E-state index in [2.05, 4.69) is 4.90 Å². The number of guanidine groups is 1. The van der Waals surface area contributed by atoms with Crippen molar-refractivity contribution in [3.05, 3.63) is 76.6 Å². The molecule has 0 aliphatic carbocycles. The van der Waals surface area contributed by atoms with Gasteiger partial charge in [-0.2, -0.15) is 0 Å². The summed E-state index contributed by atoms with van der Waals surface area (Å²) >= 11 is 6.56. The number of aryl methyl sites for hydroxylation is 1. The largest absolute Gasteiger partial charge is 0.341 e. The fraction of sp³-hybridized carbons (Fsp3) is 0.379. The van der Waals surface area contributed by atoms with Gasteiger partial charge in [-0.1, -0.05) is 54.1 Å². The molecule has 1 aromatic heterocycles. The molecular weight excluding hydrogens is 514 g/mol. The number of rotatable bonds is 4. The molecule has 9 nitrogen and oxygen atoms in total. The summed E-state index contributed by atoms with van der Waals surface area (Å²) in [6.07, 6.45) is 1.25. The molecule has 10 heteroatoms. The van der Waals surface area contributed by atoms with E-state index in [1.165, 1.54) is 4.90 Å². The van der Waals surface area contributed by atoms with Crippen LogP contribution in [0.25, 0.3) is 10.8 Å². The number of halogens is 1. The second-order valence-corrected chi connectivity index (χ2v) is 11.0. The number of carbonyl (C=O) groups is 2. The maximum atomic E-state index is 14.2. The lowest BCUT2D eigenvalue weighted by molar-refractivity contribution is -0.138. The molecule has 2 unspecified atom stereocenters. The fourth-order valence-electron chi connectivity index (χ4n) is 5.93. The van der Waals surface area contributed by atoms with E-state index >= 15 is 0 Å². The minimum absolute atomic E-state index is 0.0264. The molecular formula is C29H32ClN7O2. The molecule has 0 spiro atoms. The lowest BCUT2D eigenvalue weighted by Crippen LogP contribution is -2.65. The molecule has 2 N–H and O–H groups in total. The third-order valence-corrected chi connectivity index (χ3v) is 8.23. The zero-order valence-corrected chi connectivity index (χ0v) is 22.9. The molecule has 0 bridgehead atoms. The molecule has 0 saturated carbocycles. The van der Waals surface area contributed by atoms with E-state index in [0.29, 0.717) is 29.8 Å². The number of fused-ring (bicyclic) bond motifs is 2. The lowest BCUT2D eigenvalue weighted by Gasteiger charge is -2.42. The van der Waals surface area contributed by atoms with Crippen LogP contribution >= 0.6 is 11.6 Å². The average molecular weight is 546 g/mol. The molecule has 6 rings (SSSR count). The number of hydrogen-bond donors (Lipinski definition) is 1. The third-order valence-electron chi connectivity index (χ3n) is 7.87. The fourth-order valence-corrected chi connectivity index (χ4v) is 6.13. The second kappa shape index (κ2) is 10.1. The first-order chi connectivity index (χ1) is 18.8. The molecule has 2 aromatic carbocycles. The zero-order chi connectivity index (χ0) is 27.3. The topological polar surface area (TPSA) is 98.4 Å². The minimum atomic E-state index is -0.687. The van der Waals surface area contributed by atoms with Crippen LogP contribution in [0.5, 0.6) is 0 Å². The van der Waals surface area contributed by atoms with Gasteiger partial charge in [-0.25, -0.2) is 9.79 Å². The van der Waals surface area contributed by atoms with Crippen LogP contribution in [0, 0.1) is 6.92 Å². The number of aliphatic imine (C=N–C) groups is 1. The molecule has 3 atom stereocenters. The number of pyridine rings is 1. The number of imide groups is 1.